The summed E-state index contributed by atoms with van der Waals surface area (Å²) >= 11 is 1.67. The lowest BCUT2D eigenvalue weighted by Gasteiger charge is -2.08. The predicted molar refractivity (Wildman–Crippen MR) is 69.6 cm³/mol. The number of ether oxygens (including phenoxy) is 1. The number of thiophene rings is 1. The maximum Gasteiger partial charge on any atom is 0.138 e. The summed E-state index contributed by atoms with van der Waals surface area (Å²) in [6, 6.07) is 2.06. The summed E-state index contributed by atoms with van der Waals surface area (Å²) in [5, 5.41) is 6.32. The molecule has 1 N–H and O–H groups in total. The standard InChI is InChI=1S/C12H15N3OS/c1-13-11-9-3-5-17-12(9)15-10(14-11)6-8-2-4-16-7-8/h3,5,8H,2,4,6-7H2,1H3,(H,13,14,15). The number of nitrogens with one attached hydrogen (secondary N) is 1. The van der Waals surface area contributed by atoms with Crippen LogP contribution in [-0.4, -0.2) is 30.2 Å². The van der Waals surface area contributed by atoms with Gasteiger partial charge in [0, 0.05) is 26.7 Å². The van der Waals surface area contributed by atoms with E-state index in [0.717, 1.165) is 47.9 Å². The summed E-state index contributed by atoms with van der Waals surface area (Å²) in [4.78, 5) is 10.3. The third-order valence-electron chi connectivity index (χ3n) is 3.10. The molecule has 1 unspecified atom stereocenters. The summed E-state index contributed by atoms with van der Waals surface area (Å²) in [7, 11) is 1.90. The molecule has 1 aliphatic rings. The third kappa shape index (κ3) is 2.12. The largest absolute Gasteiger partial charge is 0.381 e. The Bertz CT molecular complexity index is 519. The van der Waals surface area contributed by atoms with E-state index in [9.17, 15) is 0 Å². The maximum absolute atomic E-state index is 5.39. The molecule has 1 aliphatic heterocycles. The molecule has 3 rings (SSSR count). The fraction of sp³-hybridized carbons (Fsp3) is 0.500. The second-order valence-electron chi connectivity index (χ2n) is 4.31. The van der Waals surface area contributed by atoms with Crippen molar-refractivity contribution in [1.82, 2.24) is 9.97 Å². The lowest BCUT2D eigenvalue weighted by Crippen LogP contribution is -2.08. The zero-order chi connectivity index (χ0) is 11.7. The molecule has 0 saturated carbocycles. The topological polar surface area (TPSA) is 47.0 Å². The third-order valence-corrected chi connectivity index (χ3v) is 3.91. The van der Waals surface area contributed by atoms with Crippen LogP contribution in [0.25, 0.3) is 10.2 Å². The zero-order valence-electron chi connectivity index (χ0n) is 9.77. The van der Waals surface area contributed by atoms with E-state index < -0.39 is 0 Å². The highest BCUT2D eigenvalue weighted by Gasteiger charge is 2.18. The van der Waals surface area contributed by atoms with Crippen molar-refractivity contribution in [3.63, 3.8) is 0 Å². The fourth-order valence-electron chi connectivity index (χ4n) is 2.18. The van der Waals surface area contributed by atoms with E-state index in [2.05, 4.69) is 26.7 Å². The van der Waals surface area contributed by atoms with E-state index in [0.29, 0.717) is 5.92 Å². The summed E-state index contributed by atoms with van der Waals surface area (Å²) < 4.78 is 5.39. The quantitative estimate of drug-likeness (QED) is 0.906. The van der Waals surface area contributed by atoms with Gasteiger partial charge in [0.25, 0.3) is 0 Å². The SMILES string of the molecule is CNc1nc(CC2CCOC2)nc2sccc12. The minimum atomic E-state index is 0.581. The average molecular weight is 249 g/mol. The van der Waals surface area contributed by atoms with E-state index in [1.54, 1.807) is 11.3 Å². The van der Waals surface area contributed by atoms with Crippen LogP contribution >= 0.6 is 11.3 Å². The number of anilines is 1. The molecule has 1 atom stereocenters. The smallest absolute Gasteiger partial charge is 0.138 e. The van der Waals surface area contributed by atoms with Gasteiger partial charge in [-0.3, -0.25) is 0 Å². The molecule has 1 saturated heterocycles. The van der Waals surface area contributed by atoms with Crippen LogP contribution in [0.2, 0.25) is 0 Å². The minimum Gasteiger partial charge on any atom is -0.381 e. The minimum absolute atomic E-state index is 0.581. The number of aromatic nitrogens is 2. The first-order valence-electron chi connectivity index (χ1n) is 5.86. The molecular formula is C12H15N3OS. The van der Waals surface area contributed by atoms with Gasteiger partial charge in [-0.2, -0.15) is 0 Å². The van der Waals surface area contributed by atoms with Crippen molar-refractivity contribution < 1.29 is 4.74 Å². The number of hydrogen-bond donors (Lipinski definition) is 1. The second-order valence-corrected chi connectivity index (χ2v) is 5.21. The first-order valence-corrected chi connectivity index (χ1v) is 6.74. The lowest BCUT2D eigenvalue weighted by atomic mass is 10.0. The Hall–Kier alpha value is -1.20. The molecule has 4 nitrogen and oxygen atoms in total. The molecule has 0 aliphatic carbocycles. The van der Waals surface area contributed by atoms with Crippen LogP contribution in [0.4, 0.5) is 5.82 Å². The Balaban J connectivity index is 1.92. The summed E-state index contributed by atoms with van der Waals surface area (Å²) in [5.41, 5.74) is 0. The summed E-state index contributed by atoms with van der Waals surface area (Å²) in [5.74, 6) is 2.45. The molecule has 1 fully saturated rings. The van der Waals surface area contributed by atoms with E-state index in [1.807, 2.05) is 7.05 Å². The molecule has 2 aromatic heterocycles. The number of nitrogens with zero attached hydrogens (tertiary/aromatic N) is 2. The summed E-state index contributed by atoms with van der Waals surface area (Å²) in [6.07, 6.45) is 2.04. The van der Waals surface area contributed by atoms with Crippen molar-refractivity contribution in [3.8, 4) is 0 Å². The molecule has 3 heterocycles. The molecule has 17 heavy (non-hydrogen) atoms. The second kappa shape index (κ2) is 4.58. The van der Waals surface area contributed by atoms with Crippen molar-refractivity contribution in [2.75, 3.05) is 25.6 Å². The first kappa shape index (κ1) is 10.9. The van der Waals surface area contributed by atoms with Crippen molar-refractivity contribution in [3.05, 3.63) is 17.3 Å². The Kier molecular flexibility index (Phi) is 2.94. The van der Waals surface area contributed by atoms with E-state index in [1.165, 1.54) is 0 Å². The van der Waals surface area contributed by atoms with Crippen LogP contribution in [0.15, 0.2) is 11.4 Å². The Morgan fingerprint density at radius 2 is 2.47 bits per heavy atom. The number of rotatable bonds is 3. The van der Waals surface area contributed by atoms with Crippen molar-refractivity contribution in [1.29, 1.82) is 0 Å². The molecule has 0 aromatic carbocycles. The number of fused-ring (bicyclic) bond motifs is 1. The molecule has 0 bridgehead atoms. The van der Waals surface area contributed by atoms with Gasteiger partial charge >= 0.3 is 0 Å². The lowest BCUT2D eigenvalue weighted by molar-refractivity contribution is 0.185. The highest BCUT2D eigenvalue weighted by atomic mass is 32.1. The zero-order valence-corrected chi connectivity index (χ0v) is 10.6. The predicted octanol–water partition coefficient (Wildman–Crippen LogP) is 2.31. The fourth-order valence-corrected chi connectivity index (χ4v) is 2.97. The maximum atomic E-state index is 5.39. The van der Waals surface area contributed by atoms with Crippen LogP contribution in [0.1, 0.15) is 12.2 Å². The molecule has 90 valence electrons. The van der Waals surface area contributed by atoms with Gasteiger partial charge in [0.2, 0.25) is 0 Å². The first-order chi connectivity index (χ1) is 8.36. The summed E-state index contributed by atoms with van der Waals surface area (Å²) in [6.45, 7) is 1.73. The molecule has 5 heteroatoms. The molecule has 0 spiro atoms. The van der Waals surface area contributed by atoms with Crippen LogP contribution in [0.3, 0.4) is 0 Å². The average Bonchev–Trinajstić information content (AvgIpc) is 2.98. The van der Waals surface area contributed by atoms with E-state index in [-0.39, 0.29) is 0 Å². The monoisotopic (exact) mass is 249 g/mol. The van der Waals surface area contributed by atoms with Crippen LogP contribution in [0.5, 0.6) is 0 Å². The Morgan fingerprint density at radius 3 is 3.24 bits per heavy atom. The highest BCUT2D eigenvalue weighted by molar-refractivity contribution is 7.16. The van der Waals surface area contributed by atoms with Crippen LogP contribution in [-0.2, 0) is 11.2 Å². The van der Waals surface area contributed by atoms with Crippen LogP contribution < -0.4 is 5.32 Å². The van der Waals surface area contributed by atoms with Gasteiger partial charge in [0.15, 0.2) is 0 Å². The van der Waals surface area contributed by atoms with Gasteiger partial charge in [0.05, 0.1) is 5.39 Å². The van der Waals surface area contributed by atoms with Gasteiger partial charge in [-0.25, -0.2) is 9.97 Å². The highest BCUT2D eigenvalue weighted by Crippen LogP contribution is 2.26. The Labute approximate surface area is 104 Å². The van der Waals surface area contributed by atoms with Gasteiger partial charge < -0.3 is 10.1 Å². The van der Waals surface area contributed by atoms with Gasteiger partial charge in [-0.1, -0.05) is 0 Å². The van der Waals surface area contributed by atoms with E-state index in [4.69, 9.17) is 4.74 Å². The molecule has 0 radical (unpaired) electrons. The van der Waals surface area contributed by atoms with Gasteiger partial charge in [-0.05, 0) is 23.8 Å². The van der Waals surface area contributed by atoms with Crippen LogP contribution in [0, 0.1) is 5.92 Å². The van der Waals surface area contributed by atoms with Crippen molar-refractivity contribution in [2.24, 2.45) is 5.92 Å². The van der Waals surface area contributed by atoms with Crippen molar-refractivity contribution in [2.45, 2.75) is 12.8 Å². The van der Waals surface area contributed by atoms with Gasteiger partial charge in [0.1, 0.15) is 16.5 Å². The molecule has 2 aromatic rings. The van der Waals surface area contributed by atoms with E-state index >= 15 is 0 Å². The van der Waals surface area contributed by atoms with Crippen molar-refractivity contribution >= 4 is 27.4 Å². The molecular weight excluding hydrogens is 234 g/mol. The number of hydrogen-bond acceptors (Lipinski definition) is 5. The molecule has 0 amide bonds. The Morgan fingerprint density at radius 1 is 1.53 bits per heavy atom. The normalized spacial score (nSPS) is 19.9. The van der Waals surface area contributed by atoms with Gasteiger partial charge in [-0.15, -0.1) is 11.3 Å².